The van der Waals surface area contributed by atoms with Gasteiger partial charge in [0.2, 0.25) is 5.01 Å². The number of nitriles is 1. The normalized spacial score (nSPS) is 24.5. The summed E-state index contributed by atoms with van der Waals surface area (Å²) in [5, 5.41) is 19.9. The number of fused-ring (bicyclic) bond motifs is 3. The number of hydrogen-bond acceptors (Lipinski definition) is 7. The van der Waals surface area contributed by atoms with Gasteiger partial charge in [-0.15, -0.1) is 5.10 Å². The molecule has 4 heterocycles. The molecular formula is C17H17N5O2S. The average molecular weight is 355 g/mol. The van der Waals surface area contributed by atoms with E-state index in [2.05, 4.69) is 20.4 Å². The summed E-state index contributed by atoms with van der Waals surface area (Å²) in [7, 11) is 0. The summed E-state index contributed by atoms with van der Waals surface area (Å²) < 4.78 is 5.54. The van der Waals surface area contributed by atoms with Gasteiger partial charge < -0.3 is 15.0 Å². The highest BCUT2D eigenvalue weighted by Gasteiger charge is 2.34. The molecule has 5 rings (SSSR count). The largest absolute Gasteiger partial charge is 0.430 e. The Labute approximate surface area is 149 Å². The molecule has 1 N–H and O–H groups in total. The SMILES string of the molecule is N#Cc1nnc(Oc2ccc(C(=O)N[C@H]3CN4CCC3CC4)cc2)s1. The summed E-state index contributed by atoms with van der Waals surface area (Å²) >= 11 is 1.08. The van der Waals surface area contributed by atoms with Gasteiger partial charge in [-0.3, -0.25) is 4.79 Å². The quantitative estimate of drug-likeness (QED) is 0.902. The molecule has 0 radical (unpaired) electrons. The maximum Gasteiger partial charge on any atom is 0.300 e. The molecule has 2 aromatic rings. The van der Waals surface area contributed by atoms with E-state index in [0.717, 1.165) is 31.0 Å². The highest BCUT2D eigenvalue weighted by atomic mass is 32.1. The van der Waals surface area contributed by atoms with Crippen LogP contribution in [0.3, 0.4) is 0 Å². The highest BCUT2D eigenvalue weighted by Crippen LogP contribution is 2.28. The van der Waals surface area contributed by atoms with Gasteiger partial charge in [-0.05, 0) is 67.5 Å². The number of amides is 1. The average Bonchev–Trinajstić information content (AvgIpc) is 3.11. The lowest BCUT2D eigenvalue weighted by atomic mass is 9.84. The third-order valence-corrected chi connectivity index (χ3v) is 5.50. The summed E-state index contributed by atoms with van der Waals surface area (Å²) in [6.07, 6.45) is 2.34. The first-order valence-corrected chi connectivity index (χ1v) is 9.07. The van der Waals surface area contributed by atoms with E-state index in [1.165, 1.54) is 12.8 Å². The van der Waals surface area contributed by atoms with Crippen LogP contribution in [-0.4, -0.2) is 46.7 Å². The van der Waals surface area contributed by atoms with Gasteiger partial charge in [0, 0.05) is 18.2 Å². The molecule has 2 bridgehead atoms. The van der Waals surface area contributed by atoms with Gasteiger partial charge in [0.25, 0.3) is 5.91 Å². The Hall–Kier alpha value is -2.50. The molecule has 7 nitrogen and oxygen atoms in total. The number of carbonyl (C=O) groups is 1. The van der Waals surface area contributed by atoms with Gasteiger partial charge in [0.15, 0.2) is 0 Å². The number of hydrogen-bond donors (Lipinski definition) is 1. The standard InChI is InChI=1S/C17H17N5O2S/c18-9-15-20-21-17(25-15)24-13-3-1-12(2-4-13)16(23)19-14-10-22-7-5-11(14)6-8-22/h1-4,11,14H,5-8,10H2,(H,19,23)/t14-/m0/s1. The Morgan fingerprint density at radius 1 is 1.28 bits per heavy atom. The molecule has 3 aliphatic rings. The molecule has 1 aromatic heterocycles. The first-order chi connectivity index (χ1) is 12.2. The predicted octanol–water partition coefficient (Wildman–Crippen LogP) is 2.03. The predicted molar refractivity (Wildman–Crippen MR) is 91.6 cm³/mol. The van der Waals surface area contributed by atoms with Crippen molar-refractivity contribution < 1.29 is 9.53 Å². The summed E-state index contributed by atoms with van der Waals surface area (Å²) in [6.45, 7) is 3.26. The number of aromatic nitrogens is 2. The lowest BCUT2D eigenvalue weighted by molar-refractivity contribution is 0.0620. The van der Waals surface area contributed by atoms with E-state index in [1.807, 2.05) is 6.07 Å². The number of nitrogens with zero attached hydrogens (tertiary/aromatic N) is 4. The van der Waals surface area contributed by atoms with Crippen molar-refractivity contribution in [1.82, 2.24) is 20.4 Å². The van der Waals surface area contributed by atoms with Crippen LogP contribution in [0.25, 0.3) is 0 Å². The molecule has 8 heteroatoms. The van der Waals surface area contributed by atoms with Crippen LogP contribution in [-0.2, 0) is 0 Å². The van der Waals surface area contributed by atoms with Crippen LogP contribution < -0.4 is 10.1 Å². The van der Waals surface area contributed by atoms with Gasteiger partial charge in [-0.2, -0.15) is 5.26 Å². The van der Waals surface area contributed by atoms with Crippen molar-refractivity contribution in [2.24, 2.45) is 5.92 Å². The minimum atomic E-state index is -0.0482. The van der Waals surface area contributed by atoms with Crippen LogP contribution in [0.1, 0.15) is 28.2 Å². The van der Waals surface area contributed by atoms with Crippen molar-refractivity contribution >= 4 is 17.2 Å². The summed E-state index contributed by atoms with van der Waals surface area (Å²) in [5.41, 5.74) is 0.610. The number of carbonyl (C=O) groups excluding carboxylic acids is 1. The van der Waals surface area contributed by atoms with E-state index < -0.39 is 0 Å². The molecule has 1 atom stereocenters. The molecule has 3 fully saturated rings. The van der Waals surface area contributed by atoms with Gasteiger partial charge >= 0.3 is 5.19 Å². The topological polar surface area (TPSA) is 91.1 Å². The molecule has 25 heavy (non-hydrogen) atoms. The maximum absolute atomic E-state index is 12.5. The van der Waals surface area contributed by atoms with E-state index in [9.17, 15) is 4.79 Å². The number of piperidine rings is 3. The van der Waals surface area contributed by atoms with Crippen molar-refractivity contribution in [3.05, 3.63) is 34.8 Å². The molecule has 0 saturated carbocycles. The Bertz CT molecular complexity index is 805. The Morgan fingerprint density at radius 3 is 2.64 bits per heavy atom. The lowest BCUT2D eigenvalue weighted by Gasteiger charge is -2.44. The molecule has 128 valence electrons. The van der Waals surface area contributed by atoms with Crippen molar-refractivity contribution in [3.8, 4) is 17.0 Å². The van der Waals surface area contributed by atoms with Gasteiger partial charge in [0.05, 0.1) is 0 Å². The number of nitrogens with one attached hydrogen (secondary N) is 1. The van der Waals surface area contributed by atoms with Crippen LogP contribution >= 0.6 is 11.3 Å². The van der Waals surface area contributed by atoms with E-state index in [4.69, 9.17) is 10.00 Å². The maximum atomic E-state index is 12.5. The zero-order valence-electron chi connectivity index (χ0n) is 13.5. The fraction of sp³-hybridized carbons (Fsp3) is 0.412. The summed E-state index contributed by atoms with van der Waals surface area (Å²) in [5.74, 6) is 1.11. The fourth-order valence-electron chi connectivity index (χ4n) is 3.45. The first-order valence-electron chi connectivity index (χ1n) is 8.26. The summed E-state index contributed by atoms with van der Waals surface area (Å²) in [6, 6.07) is 9.07. The molecule has 0 aliphatic carbocycles. The summed E-state index contributed by atoms with van der Waals surface area (Å²) in [4.78, 5) is 14.9. The number of rotatable bonds is 4. The van der Waals surface area contributed by atoms with E-state index in [-0.39, 0.29) is 17.0 Å². The highest BCUT2D eigenvalue weighted by molar-refractivity contribution is 7.13. The van der Waals surface area contributed by atoms with Crippen molar-refractivity contribution in [2.75, 3.05) is 19.6 Å². The molecule has 1 aromatic carbocycles. The Kier molecular flexibility index (Phi) is 4.34. The van der Waals surface area contributed by atoms with Crippen LogP contribution in [0.2, 0.25) is 0 Å². The lowest BCUT2D eigenvalue weighted by Crippen LogP contribution is -2.57. The second-order valence-electron chi connectivity index (χ2n) is 6.33. The first kappa shape index (κ1) is 16.0. The van der Waals surface area contributed by atoms with Gasteiger partial charge in [-0.1, -0.05) is 5.10 Å². The van der Waals surface area contributed by atoms with Crippen LogP contribution in [0.4, 0.5) is 0 Å². The Balaban J connectivity index is 1.38. The minimum Gasteiger partial charge on any atom is -0.430 e. The second-order valence-corrected chi connectivity index (χ2v) is 7.27. The fourth-order valence-corrected chi connectivity index (χ4v) is 3.96. The van der Waals surface area contributed by atoms with Crippen LogP contribution in [0.15, 0.2) is 24.3 Å². The molecule has 0 unspecified atom stereocenters. The smallest absolute Gasteiger partial charge is 0.300 e. The van der Waals surface area contributed by atoms with E-state index >= 15 is 0 Å². The molecule has 0 spiro atoms. The third kappa shape index (κ3) is 3.48. The van der Waals surface area contributed by atoms with Crippen molar-refractivity contribution in [1.29, 1.82) is 5.26 Å². The van der Waals surface area contributed by atoms with Crippen molar-refractivity contribution in [2.45, 2.75) is 18.9 Å². The van der Waals surface area contributed by atoms with Crippen molar-refractivity contribution in [3.63, 3.8) is 0 Å². The Morgan fingerprint density at radius 2 is 2.04 bits per heavy atom. The second kappa shape index (κ2) is 6.78. The van der Waals surface area contributed by atoms with Gasteiger partial charge in [-0.25, -0.2) is 0 Å². The van der Waals surface area contributed by atoms with Crippen LogP contribution in [0.5, 0.6) is 10.9 Å². The third-order valence-electron chi connectivity index (χ3n) is 4.80. The molecule has 1 amide bonds. The van der Waals surface area contributed by atoms with E-state index in [1.54, 1.807) is 24.3 Å². The molecular weight excluding hydrogens is 338 g/mol. The number of benzene rings is 1. The minimum absolute atomic E-state index is 0.0482. The zero-order chi connectivity index (χ0) is 17.2. The molecule has 3 aliphatic heterocycles. The zero-order valence-corrected chi connectivity index (χ0v) is 14.3. The van der Waals surface area contributed by atoms with Crippen LogP contribution in [0, 0.1) is 17.2 Å². The number of ether oxygens (including phenoxy) is 1. The molecule has 3 saturated heterocycles. The van der Waals surface area contributed by atoms with Gasteiger partial charge in [0.1, 0.15) is 11.8 Å². The monoisotopic (exact) mass is 355 g/mol. The van der Waals surface area contributed by atoms with E-state index in [0.29, 0.717) is 22.4 Å².